The van der Waals surface area contributed by atoms with Gasteiger partial charge in [0.1, 0.15) is 6.04 Å². The number of carbonyl (C=O) groups is 2. The molecule has 9 heteroatoms. The normalized spacial score (nSPS) is 12.4. The third-order valence-electron chi connectivity index (χ3n) is 3.91. The molecule has 0 spiro atoms. The zero-order chi connectivity index (χ0) is 20.7. The monoisotopic (exact) mass is 424 g/mol. The van der Waals surface area contributed by atoms with Crippen molar-refractivity contribution in [3.63, 3.8) is 0 Å². The molecule has 0 unspecified atom stereocenters. The van der Waals surface area contributed by atoms with E-state index in [0.717, 1.165) is 4.31 Å². The summed E-state index contributed by atoms with van der Waals surface area (Å²) in [6.07, 6.45) is 0. The number of ether oxygens (including phenoxy) is 1. The van der Waals surface area contributed by atoms with Gasteiger partial charge in [-0.15, -0.1) is 0 Å². The lowest BCUT2D eigenvalue weighted by Gasteiger charge is -2.23. The van der Waals surface area contributed by atoms with Crippen molar-refractivity contribution in [3.8, 4) is 0 Å². The molecule has 1 N–H and O–H groups in total. The Hall–Kier alpha value is -2.42. The average Bonchev–Trinajstić information content (AvgIpc) is 2.67. The van der Waals surface area contributed by atoms with Crippen LogP contribution in [0.15, 0.2) is 59.5 Å². The van der Waals surface area contributed by atoms with Crippen molar-refractivity contribution in [2.75, 3.05) is 13.7 Å². The van der Waals surface area contributed by atoms with Crippen LogP contribution in [-0.4, -0.2) is 44.3 Å². The van der Waals surface area contributed by atoms with Gasteiger partial charge in [-0.25, -0.2) is 13.2 Å². The summed E-state index contributed by atoms with van der Waals surface area (Å²) in [7, 11) is -2.77. The lowest BCUT2D eigenvalue weighted by molar-refractivity contribution is -0.144. The number of methoxy groups -OCH3 is 1. The Morgan fingerprint density at radius 1 is 1.11 bits per heavy atom. The fourth-order valence-corrected chi connectivity index (χ4v) is 3.96. The molecule has 0 bridgehead atoms. The standard InChI is InChI=1S/C19H21ClN2O5S/c1-14(19(24)27-2)21-18(23)13-22(12-15-6-4-3-5-7-15)28(25,26)17-10-8-16(20)9-11-17/h3-11,14H,12-13H2,1-2H3,(H,21,23)/t14-/m0/s1. The number of halogens is 1. The molecule has 0 aliphatic rings. The maximum Gasteiger partial charge on any atom is 0.328 e. The fourth-order valence-electron chi connectivity index (χ4n) is 2.45. The summed E-state index contributed by atoms with van der Waals surface area (Å²) < 4.78 is 31.8. The van der Waals surface area contributed by atoms with Crippen LogP contribution in [0.4, 0.5) is 0 Å². The highest BCUT2D eigenvalue weighted by Gasteiger charge is 2.28. The molecule has 0 fully saturated rings. The largest absolute Gasteiger partial charge is 0.467 e. The van der Waals surface area contributed by atoms with Crippen molar-refractivity contribution in [1.29, 1.82) is 0 Å². The second-order valence-electron chi connectivity index (χ2n) is 6.02. The van der Waals surface area contributed by atoms with Crippen LogP contribution >= 0.6 is 11.6 Å². The SMILES string of the molecule is COC(=O)[C@H](C)NC(=O)CN(Cc1ccccc1)S(=O)(=O)c1ccc(Cl)cc1. The molecule has 0 heterocycles. The number of hydrogen-bond donors (Lipinski definition) is 1. The number of sulfonamides is 1. The minimum Gasteiger partial charge on any atom is -0.467 e. The number of nitrogens with one attached hydrogen (secondary N) is 1. The van der Waals surface area contributed by atoms with Gasteiger partial charge in [0, 0.05) is 11.6 Å². The first-order valence-corrected chi connectivity index (χ1v) is 10.2. The smallest absolute Gasteiger partial charge is 0.328 e. The Morgan fingerprint density at radius 3 is 2.29 bits per heavy atom. The molecule has 28 heavy (non-hydrogen) atoms. The third-order valence-corrected chi connectivity index (χ3v) is 5.96. The van der Waals surface area contributed by atoms with E-state index in [1.807, 2.05) is 6.07 Å². The van der Waals surface area contributed by atoms with Crippen LogP contribution in [0.25, 0.3) is 0 Å². The third kappa shape index (κ3) is 5.79. The molecule has 0 aliphatic carbocycles. The van der Waals surface area contributed by atoms with Crippen LogP contribution in [0, 0.1) is 0 Å². The summed E-state index contributed by atoms with van der Waals surface area (Å²) in [5.41, 5.74) is 0.717. The van der Waals surface area contributed by atoms with Crippen molar-refractivity contribution in [2.24, 2.45) is 0 Å². The predicted molar refractivity (Wildman–Crippen MR) is 105 cm³/mol. The van der Waals surface area contributed by atoms with Crippen molar-refractivity contribution in [3.05, 3.63) is 65.2 Å². The first-order chi connectivity index (χ1) is 13.2. The highest BCUT2D eigenvalue weighted by atomic mass is 35.5. The number of amides is 1. The predicted octanol–water partition coefficient (Wildman–Crippen LogP) is 2.21. The van der Waals surface area contributed by atoms with Gasteiger partial charge in [0.05, 0.1) is 18.6 Å². The number of esters is 1. The summed E-state index contributed by atoms with van der Waals surface area (Å²) in [6.45, 7) is 0.992. The molecule has 2 rings (SSSR count). The van der Waals surface area contributed by atoms with Crippen LogP contribution in [0.1, 0.15) is 12.5 Å². The van der Waals surface area contributed by atoms with E-state index < -0.39 is 34.5 Å². The summed E-state index contributed by atoms with van der Waals surface area (Å²) >= 11 is 5.84. The first-order valence-electron chi connectivity index (χ1n) is 8.41. The zero-order valence-corrected chi connectivity index (χ0v) is 17.0. The van der Waals surface area contributed by atoms with Crippen LogP contribution in [-0.2, 0) is 30.9 Å². The van der Waals surface area contributed by atoms with E-state index in [1.165, 1.54) is 38.3 Å². The molecule has 150 valence electrons. The first kappa shape index (κ1) is 21.9. The Labute approximate surface area is 169 Å². The van der Waals surface area contributed by atoms with E-state index in [4.69, 9.17) is 11.6 Å². The molecule has 0 saturated heterocycles. The highest BCUT2D eigenvalue weighted by Crippen LogP contribution is 2.20. The summed E-state index contributed by atoms with van der Waals surface area (Å²) in [4.78, 5) is 23.9. The number of nitrogens with zero attached hydrogens (tertiary/aromatic N) is 1. The van der Waals surface area contributed by atoms with Crippen molar-refractivity contribution >= 4 is 33.5 Å². The van der Waals surface area contributed by atoms with E-state index in [0.29, 0.717) is 10.6 Å². The van der Waals surface area contributed by atoms with E-state index in [9.17, 15) is 18.0 Å². The number of benzene rings is 2. The van der Waals surface area contributed by atoms with Gasteiger partial charge in [0.15, 0.2) is 0 Å². The van der Waals surface area contributed by atoms with Gasteiger partial charge in [-0.1, -0.05) is 41.9 Å². The van der Waals surface area contributed by atoms with Gasteiger partial charge >= 0.3 is 5.97 Å². The number of rotatable bonds is 8. The average molecular weight is 425 g/mol. The van der Waals surface area contributed by atoms with E-state index in [-0.39, 0.29) is 11.4 Å². The van der Waals surface area contributed by atoms with E-state index >= 15 is 0 Å². The minimum atomic E-state index is -3.98. The van der Waals surface area contributed by atoms with Gasteiger partial charge in [0.2, 0.25) is 15.9 Å². The molecule has 0 saturated carbocycles. The molecule has 0 radical (unpaired) electrons. The maximum atomic E-state index is 13.1. The minimum absolute atomic E-state index is 0.00811. The number of hydrogen-bond acceptors (Lipinski definition) is 5. The molecule has 2 aromatic carbocycles. The van der Waals surface area contributed by atoms with Gasteiger partial charge < -0.3 is 10.1 Å². The topological polar surface area (TPSA) is 92.8 Å². The highest BCUT2D eigenvalue weighted by molar-refractivity contribution is 7.89. The Kier molecular flexibility index (Phi) is 7.56. The van der Waals surface area contributed by atoms with Gasteiger partial charge in [-0.2, -0.15) is 4.31 Å². The Bertz CT molecular complexity index is 917. The van der Waals surface area contributed by atoms with Crippen LogP contribution in [0.5, 0.6) is 0 Å². The van der Waals surface area contributed by atoms with Crippen LogP contribution in [0.3, 0.4) is 0 Å². The van der Waals surface area contributed by atoms with Crippen molar-refractivity contribution < 1.29 is 22.7 Å². The Balaban J connectivity index is 2.27. The molecule has 0 aromatic heterocycles. The fraction of sp³-hybridized carbons (Fsp3) is 0.263. The van der Waals surface area contributed by atoms with E-state index in [2.05, 4.69) is 10.1 Å². The van der Waals surface area contributed by atoms with Crippen LogP contribution < -0.4 is 5.32 Å². The lowest BCUT2D eigenvalue weighted by atomic mass is 10.2. The molecule has 0 aliphatic heterocycles. The summed E-state index contributed by atoms with van der Waals surface area (Å²) in [5, 5.41) is 2.84. The molecule has 1 atom stereocenters. The maximum absolute atomic E-state index is 13.1. The van der Waals surface area contributed by atoms with Gasteiger partial charge in [-0.3, -0.25) is 4.79 Å². The van der Waals surface area contributed by atoms with E-state index in [1.54, 1.807) is 24.3 Å². The molecular formula is C19H21ClN2O5S. The molecule has 2 aromatic rings. The molecule has 7 nitrogen and oxygen atoms in total. The van der Waals surface area contributed by atoms with Crippen LogP contribution in [0.2, 0.25) is 5.02 Å². The summed E-state index contributed by atoms with van der Waals surface area (Å²) in [5.74, 6) is -1.24. The van der Waals surface area contributed by atoms with Crippen molar-refractivity contribution in [1.82, 2.24) is 9.62 Å². The quantitative estimate of drug-likeness (QED) is 0.656. The molecular weight excluding hydrogens is 404 g/mol. The molecule has 1 amide bonds. The number of carbonyl (C=O) groups excluding carboxylic acids is 2. The Morgan fingerprint density at radius 2 is 1.71 bits per heavy atom. The van der Waals surface area contributed by atoms with Gasteiger partial charge in [0.25, 0.3) is 0 Å². The van der Waals surface area contributed by atoms with Crippen molar-refractivity contribution in [2.45, 2.75) is 24.4 Å². The lowest BCUT2D eigenvalue weighted by Crippen LogP contribution is -2.45. The second kappa shape index (κ2) is 9.68. The van der Waals surface area contributed by atoms with Gasteiger partial charge in [-0.05, 0) is 36.8 Å². The zero-order valence-electron chi connectivity index (χ0n) is 15.5. The second-order valence-corrected chi connectivity index (χ2v) is 8.40. The summed E-state index contributed by atoms with van der Waals surface area (Å²) in [6, 6.07) is 13.7.